The third-order valence-corrected chi connectivity index (χ3v) is 8.56. The molecule has 202 valence electrons. The van der Waals surface area contributed by atoms with Crippen LogP contribution in [0.3, 0.4) is 0 Å². The number of carbonyl (C=O) groups is 2. The lowest BCUT2D eigenvalue weighted by Crippen LogP contribution is -2.42. The van der Waals surface area contributed by atoms with Crippen molar-refractivity contribution in [2.75, 3.05) is 20.3 Å². The van der Waals surface area contributed by atoms with E-state index in [1.165, 1.54) is 11.0 Å². The molecule has 2 fully saturated rings. The number of carbonyl (C=O) groups excluding carboxylic acids is 2. The van der Waals surface area contributed by atoms with E-state index in [2.05, 4.69) is 0 Å². The maximum absolute atomic E-state index is 13.6. The lowest BCUT2D eigenvalue weighted by Gasteiger charge is -2.36. The molecule has 0 bridgehead atoms. The van der Waals surface area contributed by atoms with Crippen LogP contribution in [-0.4, -0.2) is 64.5 Å². The number of aliphatic hydroxyl groups excluding tert-OH is 2. The number of hydrogen-bond donors (Lipinski definition) is 3. The van der Waals surface area contributed by atoms with Crippen LogP contribution in [0.25, 0.3) is 6.08 Å². The van der Waals surface area contributed by atoms with Gasteiger partial charge in [-0.2, -0.15) is 0 Å². The number of ether oxygens (including phenoxy) is 1. The molecular weight excluding hydrogens is 494 g/mol. The second-order valence-electron chi connectivity index (χ2n) is 10.7. The van der Waals surface area contributed by atoms with Gasteiger partial charge in [0, 0.05) is 19.1 Å². The van der Waals surface area contributed by atoms with Crippen molar-refractivity contribution < 1.29 is 29.6 Å². The van der Waals surface area contributed by atoms with Crippen LogP contribution in [0.4, 0.5) is 0 Å². The highest BCUT2D eigenvalue weighted by molar-refractivity contribution is 6.32. The zero-order valence-corrected chi connectivity index (χ0v) is 22.4. The number of phenols is 1. The van der Waals surface area contributed by atoms with Crippen molar-refractivity contribution >= 4 is 29.5 Å². The summed E-state index contributed by atoms with van der Waals surface area (Å²) in [6.45, 7) is 1.88. The average Bonchev–Trinajstić information content (AvgIpc) is 3.13. The molecule has 0 radical (unpaired) electrons. The number of fused-ring (bicyclic) bond motifs is 1. The van der Waals surface area contributed by atoms with Crippen LogP contribution < -0.4 is 0 Å². The van der Waals surface area contributed by atoms with E-state index >= 15 is 0 Å². The lowest BCUT2D eigenvalue weighted by molar-refractivity contribution is -0.143. The highest BCUT2D eigenvalue weighted by Gasteiger charge is 2.56. The van der Waals surface area contributed by atoms with Crippen LogP contribution >= 0.6 is 11.6 Å². The third kappa shape index (κ3) is 5.80. The minimum atomic E-state index is -0.881. The fourth-order valence-electron chi connectivity index (χ4n) is 6.48. The fraction of sp³-hybridized carbons (Fsp3) is 0.586. The highest BCUT2D eigenvalue weighted by Crippen LogP contribution is 2.47. The molecule has 3 aliphatic rings. The monoisotopic (exact) mass is 531 g/mol. The number of rotatable bonds is 9. The number of halogens is 1. The third-order valence-electron chi connectivity index (χ3n) is 8.23. The maximum Gasteiger partial charge on any atom is 0.234 e. The van der Waals surface area contributed by atoms with Gasteiger partial charge in [-0.15, -0.1) is 0 Å². The molecule has 1 saturated heterocycles. The standard InChI is InChI=1S/C29H38ClNO6/c1-17(12-18-9-10-21(33)14-24(18)30)8-11-25(34)26-19(16-37-2)13-22-27(23(26)15-32)29(36)31(28(22)35)20-6-4-3-5-7-20/h9-10,12,14,20,22-23,25,27,32-34H,3-8,11,13,15-16H2,1-2H3/b17-12+/t22-,23+,25-,27-/m1/s1. The van der Waals surface area contributed by atoms with Crippen LogP contribution in [0.5, 0.6) is 5.75 Å². The minimum Gasteiger partial charge on any atom is -0.508 e. The van der Waals surface area contributed by atoms with Crippen LogP contribution in [0.2, 0.25) is 5.02 Å². The van der Waals surface area contributed by atoms with Crippen molar-refractivity contribution in [1.29, 1.82) is 0 Å². The van der Waals surface area contributed by atoms with Crippen molar-refractivity contribution in [1.82, 2.24) is 4.90 Å². The molecule has 0 unspecified atom stereocenters. The quantitative estimate of drug-likeness (QED) is 0.320. The summed E-state index contributed by atoms with van der Waals surface area (Å²) >= 11 is 6.23. The Morgan fingerprint density at radius 2 is 1.95 bits per heavy atom. The van der Waals surface area contributed by atoms with E-state index in [-0.39, 0.29) is 36.8 Å². The minimum absolute atomic E-state index is 0.0579. The van der Waals surface area contributed by atoms with Gasteiger partial charge in [-0.05, 0) is 73.9 Å². The number of amides is 2. The molecule has 1 aromatic rings. The van der Waals surface area contributed by atoms with E-state index in [1.54, 1.807) is 19.2 Å². The molecule has 3 N–H and O–H groups in total. The molecule has 2 amide bonds. The van der Waals surface area contributed by atoms with Gasteiger partial charge in [-0.25, -0.2) is 0 Å². The molecule has 1 heterocycles. The van der Waals surface area contributed by atoms with Gasteiger partial charge in [0.2, 0.25) is 11.8 Å². The zero-order valence-electron chi connectivity index (χ0n) is 21.7. The number of imide groups is 1. The van der Waals surface area contributed by atoms with Gasteiger partial charge >= 0.3 is 0 Å². The summed E-state index contributed by atoms with van der Waals surface area (Å²) in [5.41, 5.74) is 3.22. The summed E-state index contributed by atoms with van der Waals surface area (Å²) < 4.78 is 5.43. The number of nitrogens with zero attached hydrogens (tertiary/aromatic N) is 1. The highest BCUT2D eigenvalue weighted by atomic mass is 35.5. The van der Waals surface area contributed by atoms with Crippen molar-refractivity contribution in [3.63, 3.8) is 0 Å². The van der Waals surface area contributed by atoms with E-state index in [0.29, 0.717) is 29.9 Å². The van der Waals surface area contributed by atoms with Crippen molar-refractivity contribution in [2.45, 2.75) is 70.4 Å². The van der Waals surface area contributed by atoms with Gasteiger partial charge in [0.15, 0.2) is 0 Å². The predicted molar refractivity (Wildman–Crippen MR) is 142 cm³/mol. The first-order valence-corrected chi connectivity index (χ1v) is 13.7. The smallest absolute Gasteiger partial charge is 0.234 e. The predicted octanol–water partition coefficient (Wildman–Crippen LogP) is 4.48. The van der Waals surface area contributed by atoms with Crippen LogP contribution in [0.1, 0.15) is 63.9 Å². The molecule has 4 rings (SSSR count). The molecular formula is C29H38ClNO6. The number of likely N-dealkylation sites (tertiary alicyclic amines) is 1. The molecule has 1 aliphatic heterocycles. The Morgan fingerprint density at radius 3 is 2.59 bits per heavy atom. The Balaban J connectivity index is 1.55. The first-order chi connectivity index (χ1) is 17.8. The summed E-state index contributed by atoms with van der Waals surface area (Å²) in [7, 11) is 1.57. The number of hydrogen-bond acceptors (Lipinski definition) is 6. The number of aliphatic hydroxyl groups is 2. The summed E-state index contributed by atoms with van der Waals surface area (Å²) in [4.78, 5) is 28.5. The van der Waals surface area contributed by atoms with Gasteiger partial charge in [0.25, 0.3) is 0 Å². The van der Waals surface area contributed by atoms with E-state index in [1.807, 2.05) is 13.0 Å². The van der Waals surface area contributed by atoms with Gasteiger partial charge in [-0.1, -0.05) is 42.5 Å². The summed E-state index contributed by atoms with van der Waals surface area (Å²) in [6.07, 6.45) is 7.19. The Hall–Kier alpha value is -2.19. The molecule has 8 heteroatoms. The number of aromatic hydroxyl groups is 1. The van der Waals surface area contributed by atoms with Gasteiger partial charge in [0.1, 0.15) is 5.75 Å². The van der Waals surface area contributed by atoms with E-state index in [9.17, 15) is 24.9 Å². The SMILES string of the molecule is COCC1=C([C@H](O)CC/C(C)=C/c2ccc(O)cc2Cl)[C@H](CO)[C@@H]2C(=O)N(C3CCCCC3)C(=O)[C@@H]2C1. The first-order valence-electron chi connectivity index (χ1n) is 13.3. The Labute approximate surface area is 223 Å². The van der Waals surface area contributed by atoms with Gasteiger partial charge < -0.3 is 20.1 Å². The van der Waals surface area contributed by atoms with E-state index < -0.39 is 23.9 Å². The normalized spacial score (nSPS) is 26.1. The molecule has 2 aliphatic carbocycles. The molecule has 4 atom stereocenters. The van der Waals surface area contributed by atoms with E-state index in [4.69, 9.17) is 16.3 Å². The summed E-state index contributed by atoms with van der Waals surface area (Å²) in [5.74, 6) is -1.99. The fourth-order valence-corrected chi connectivity index (χ4v) is 6.71. The number of phenolic OH excluding ortho intramolecular Hbond substituents is 1. The topological polar surface area (TPSA) is 107 Å². The zero-order chi connectivity index (χ0) is 26.7. The van der Waals surface area contributed by atoms with Gasteiger partial charge in [0.05, 0.1) is 36.2 Å². The second kappa shape index (κ2) is 12.1. The Bertz CT molecular complexity index is 1080. The summed E-state index contributed by atoms with van der Waals surface area (Å²) in [5, 5.41) is 31.8. The van der Waals surface area contributed by atoms with Crippen molar-refractivity contribution in [2.24, 2.45) is 17.8 Å². The van der Waals surface area contributed by atoms with Crippen molar-refractivity contribution in [3.05, 3.63) is 45.5 Å². The number of allylic oxidation sites excluding steroid dienone is 1. The Morgan fingerprint density at radius 1 is 1.22 bits per heavy atom. The Kier molecular flexibility index (Phi) is 9.11. The van der Waals surface area contributed by atoms with Crippen LogP contribution in [-0.2, 0) is 14.3 Å². The molecule has 0 aromatic heterocycles. The van der Waals surface area contributed by atoms with Crippen LogP contribution in [0, 0.1) is 17.8 Å². The molecule has 1 saturated carbocycles. The van der Waals surface area contributed by atoms with Gasteiger partial charge in [-0.3, -0.25) is 14.5 Å². The number of benzene rings is 1. The van der Waals surface area contributed by atoms with Crippen molar-refractivity contribution in [3.8, 4) is 5.75 Å². The van der Waals surface area contributed by atoms with Crippen LogP contribution in [0.15, 0.2) is 34.9 Å². The molecule has 37 heavy (non-hydrogen) atoms. The molecule has 0 spiro atoms. The largest absolute Gasteiger partial charge is 0.508 e. The second-order valence-corrected chi connectivity index (χ2v) is 11.1. The number of methoxy groups -OCH3 is 1. The van der Waals surface area contributed by atoms with E-state index in [0.717, 1.165) is 48.8 Å². The lowest BCUT2D eigenvalue weighted by atomic mass is 9.68. The average molecular weight is 532 g/mol. The summed E-state index contributed by atoms with van der Waals surface area (Å²) in [6, 6.07) is 4.74. The first kappa shape index (κ1) is 27.8. The molecule has 7 nitrogen and oxygen atoms in total. The maximum atomic E-state index is 13.6. The molecule has 1 aromatic carbocycles.